The molecule has 2 heterocycles. The van der Waals surface area contributed by atoms with Crippen LogP contribution in [0.1, 0.15) is 29.8 Å². The number of nitrogens with one attached hydrogen (secondary N) is 1. The lowest BCUT2D eigenvalue weighted by atomic mass is 9.99. The molecule has 0 radical (unpaired) electrons. The summed E-state index contributed by atoms with van der Waals surface area (Å²) in [4.78, 5) is 4.52. The highest BCUT2D eigenvalue weighted by atomic mass is 16.3. The van der Waals surface area contributed by atoms with Crippen LogP contribution in [0.2, 0.25) is 0 Å². The number of hydrogen-bond donors (Lipinski definition) is 1. The fourth-order valence-corrected chi connectivity index (χ4v) is 2.73. The van der Waals surface area contributed by atoms with Crippen molar-refractivity contribution in [3.05, 3.63) is 65.7 Å². The molecule has 0 spiro atoms. The first-order valence-electron chi connectivity index (χ1n) is 7.39. The third-order valence-corrected chi connectivity index (χ3v) is 3.85. The van der Waals surface area contributed by atoms with E-state index in [0.717, 1.165) is 24.2 Å². The third-order valence-electron chi connectivity index (χ3n) is 3.85. The van der Waals surface area contributed by atoms with E-state index in [9.17, 15) is 0 Å². The van der Waals surface area contributed by atoms with E-state index in [-0.39, 0.29) is 6.04 Å². The number of aromatic nitrogens is 1. The molecular formula is C18H20N2O. The summed E-state index contributed by atoms with van der Waals surface area (Å²) in [7, 11) is 0. The molecule has 0 fully saturated rings. The van der Waals surface area contributed by atoms with E-state index in [4.69, 9.17) is 4.42 Å². The molecule has 1 atom stereocenters. The minimum atomic E-state index is 0.215. The molecule has 0 bridgehead atoms. The number of furan rings is 1. The van der Waals surface area contributed by atoms with E-state index in [0.29, 0.717) is 0 Å². The van der Waals surface area contributed by atoms with Gasteiger partial charge >= 0.3 is 0 Å². The number of para-hydroxylation sites is 1. The van der Waals surface area contributed by atoms with E-state index >= 15 is 0 Å². The van der Waals surface area contributed by atoms with Crippen molar-refractivity contribution < 1.29 is 4.42 Å². The van der Waals surface area contributed by atoms with Gasteiger partial charge in [0.25, 0.3) is 0 Å². The number of benzene rings is 1. The lowest BCUT2D eigenvalue weighted by molar-refractivity contribution is 0.530. The van der Waals surface area contributed by atoms with E-state index in [1.165, 1.54) is 16.5 Å². The number of hydrogen-bond acceptors (Lipinski definition) is 3. The zero-order valence-corrected chi connectivity index (χ0v) is 12.5. The number of rotatable bonds is 5. The van der Waals surface area contributed by atoms with Crippen molar-refractivity contribution >= 4 is 11.0 Å². The fourth-order valence-electron chi connectivity index (χ4n) is 2.73. The largest absolute Gasteiger partial charge is 0.464 e. The van der Waals surface area contributed by atoms with E-state index < -0.39 is 0 Å². The summed E-state index contributed by atoms with van der Waals surface area (Å²) in [5, 5.41) is 4.73. The maximum absolute atomic E-state index is 5.68. The third kappa shape index (κ3) is 2.83. The van der Waals surface area contributed by atoms with Crippen LogP contribution in [-0.2, 0) is 6.42 Å². The van der Waals surface area contributed by atoms with Crippen molar-refractivity contribution in [3.8, 4) is 0 Å². The van der Waals surface area contributed by atoms with Gasteiger partial charge in [-0.15, -0.1) is 0 Å². The fraction of sp³-hybridized carbons (Fsp3) is 0.278. The first kappa shape index (κ1) is 13.8. The molecule has 1 aromatic carbocycles. The van der Waals surface area contributed by atoms with Crippen LogP contribution in [0.25, 0.3) is 11.0 Å². The molecule has 0 aliphatic rings. The van der Waals surface area contributed by atoms with Crippen molar-refractivity contribution in [3.63, 3.8) is 0 Å². The van der Waals surface area contributed by atoms with E-state index in [1.54, 1.807) is 0 Å². The lowest BCUT2D eigenvalue weighted by Gasteiger charge is -2.17. The predicted octanol–water partition coefficient (Wildman–Crippen LogP) is 4.03. The average Bonchev–Trinajstić information content (AvgIpc) is 2.93. The molecule has 3 nitrogen and oxygen atoms in total. The van der Waals surface area contributed by atoms with Gasteiger partial charge in [0.1, 0.15) is 5.58 Å². The van der Waals surface area contributed by atoms with Gasteiger partial charge in [0.05, 0.1) is 6.26 Å². The molecule has 3 heteroatoms. The summed E-state index contributed by atoms with van der Waals surface area (Å²) in [6, 6.07) is 12.5. The van der Waals surface area contributed by atoms with Crippen molar-refractivity contribution in [2.45, 2.75) is 26.3 Å². The quantitative estimate of drug-likeness (QED) is 0.766. The average molecular weight is 280 g/mol. The van der Waals surface area contributed by atoms with Gasteiger partial charge in [0, 0.05) is 35.3 Å². The second kappa shape index (κ2) is 6.10. The molecule has 0 aliphatic heterocycles. The Morgan fingerprint density at radius 3 is 2.86 bits per heavy atom. The van der Waals surface area contributed by atoms with Gasteiger partial charge in [0.2, 0.25) is 0 Å². The normalized spacial score (nSPS) is 12.7. The van der Waals surface area contributed by atoms with Gasteiger partial charge in [-0.05, 0) is 31.2 Å². The first-order chi connectivity index (χ1) is 10.3. The highest BCUT2D eigenvalue weighted by molar-refractivity contribution is 5.81. The second-order valence-corrected chi connectivity index (χ2v) is 5.27. The number of nitrogens with zero attached hydrogens (tertiary/aromatic N) is 1. The molecule has 2 aromatic heterocycles. The number of pyridine rings is 1. The van der Waals surface area contributed by atoms with Crippen LogP contribution in [-0.4, -0.2) is 11.5 Å². The Hall–Kier alpha value is -2.13. The SMILES string of the molecule is CCNC(Cc1ncccc1C)c1coc2ccccc12. The van der Waals surface area contributed by atoms with E-state index in [1.807, 2.05) is 30.7 Å². The molecule has 0 aliphatic carbocycles. The topological polar surface area (TPSA) is 38.1 Å². The first-order valence-corrected chi connectivity index (χ1v) is 7.39. The molecule has 3 aromatic rings. The summed E-state index contributed by atoms with van der Waals surface area (Å²) in [5.74, 6) is 0. The Kier molecular flexibility index (Phi) is 4.02. The maximum Gasteiger partial charge on any atom is 0.134 e. The molecule has 0 amide bonds. The van der Waals surface area contributed by atoms with Crippen LogP contribution in [0.3, 0.4) is 0 Å². The molecular weight excluding hydrogens is 260 g/mol. The van der Waals surface area contributed by atoms with Gasteiger partial charge in [-0.3, -0.25) is 4.98 Å². The Bertz CT molecular complexity index is 733. The van der Waals surface area contributed by atoms with E-state index in [2.05, 4.69) is 42.3 Å². The second-order valence-electron chi connectivity index (χ2n) is 5.27. The van der Waals surface area contributed by atoms with Crippen LogP contribution in [0.15, 0.2) is 53.3 Å². The lowest BCUT2D eigenvalue weighted by Crippen LogP contribution is -2.23. The van der Waals surface area contributed by atoms with Gasteiger partial charge in [-0.2, -0.15) is 0 Å². The van der Waals surface area contributed by atoms with Gasteiger partial charge in [-0.25, -0.2) is 0 Å². The van der Waals surface area contributed by atoms with Crippen LogP contribution >= 0.6 is 0 Å². The monoisotopic (exact) mass is 280 g/mol. The minimum Gasteiger partial charge on any atom is -0.464 e. The van der Waals surface area contributed by atoms with Crippen molar-refractivity contribution in [2.75, 3.05) is 6.54 Å². The molecule has 21 heavy (non-hydrogen) atoms. The smallest absolute Gasteiger partial charge is 0.134 e. The Balaban J connectivity index is 1.96. The summed E-state index contributed by atoms with van der Waals surface area (Å²) in [6.45, 7) is 5.15. The maximum atomic E-state index is 5.68. The van der Waals surface area contributed by atoms with Crippen molar-refractivity contribution in [2.24, 2.45) is 0 Å². The van der Waals surface area contributed by atoms with Crippen molar-refractivity contribution in [1.29, 1.82) is 0 Å². The molecule has 0 saturated heterocycles. The Labute approximate surface area is 125 Å². The standard InChI is InChI=1S/C18H20N2O/c1-3-19-17(11-16-13(2)7-6-10-20-16)15-12-21-18-9-5-4-8-14(15)18/h4-10,12,17,19H,3,11H2,1-2H3. The summed E-state index contributed by atoms with van der Waals surface area (Å²) < 4.78 is 5.68. The number of likely N-dealkylation sites (N-methyl/N-ethyl adjacent to an activating group) is 1. The van der Waals surface area contributed by atoms with Gasteiger partial charge in [-0.1, -0.05) is 31.2 Å². The number of fused-ring (bicyclic) bond motifs is 1. The Morgan fingerprint density at radius 1 is 1.19 bits per heavy atom. The van der Waals surface area contributed by atoms with Crippen LogP contribution in [0.4, 0.5) is 0 Å². The van der Waals surface area contributed by atoms with Crippen LogP contribution in [0, 0.1) is 6.92 Å². The molecule has 108 valence electrons. The molecule has 0 saturated carbocycles. The molecule has 3 rings (SSSR count). The summed E-state index contributed by atoms with van der Waals surface area (Å²) >= 11 is 0. The minimum absolute atomic E-state index is 0.215. The summed E-state index contributed by atoms with van der Waals surface area (Å²) in [5.41, 5.74) is 4.51. The zero-order valence-electron chi connectivity index (χ0n) is 12.5. The van der Waals surface area contributed by atoms with Gasteiger partial charge < -0.3 is 9.73 Å². The van der Waals surface area contributed by atoms with Gasteiger partial charge in [0.15, 0.2) is 0 Å². The molecule has 1 N–H and O–H groups in total. The zero-order chi connectivity index (χ0) is 14.7. The predicted molar refractivity (Wildman–Crippen MR) is 85.3 cm³/mol. The van der Waals surface area contributed by atoms with Crippen molar-refractivity contribution in [1.82, 2.24) is 10.3 Å². The summed E-state index contributed by atoms with van der Waals surface area (Å²) in [6.07, 6.45) is 4.60. The number of aryl methyl sites for hydroxylation is 1. The van der Waals surface area contributed by atoms with Crippen LogP contribution < -0.4 is 5.32 Å². The highest BCUT2D eigenvalue weighted by Crippen LogP contribution is 2.28. The van der Waals surface area contributed by atoms with Crippen LogP contribution in [0.5, 0.6) is 0 Å². The molecule has 1 unspecified atom stereocenters. The highest BCUT2D eigenvalue weighted by Gasteiger charge is 2.18. The Morgan fingerprint density at radius 2 is 2.05 bits per heavy atom.